The Labute approximate surface area is 178 Å². The van der Waals surface area contributed by atoms with E-state index in [9.17, 15) is 9.59 Å². The maximum atomic E-state index is 12.3. The fourth-order valence-corrected chi connectivity index (χ4v) is 4.08. The molecule has 0 N–H and O–H groups in total. The molecule has 3 rings (SSSR count). The second-order valence-corrected chi connectivity index (χ2v) is 8.09. The fourth-order valence-electron chi connectivity index (χ4n) is 2.86. The van der Waals surface area contributed by atoms with Gasteiger partial charge in [0.25, 0.3) is 5.91 Å². The zero-order chi connectivity index (χ0) is 19.9. The summed E-state index contributed by atoms with van der Waals surface area (Å²) >= 11 is 13.4. The van der Waals surface area contributed by atoms with Crippen LogP contribution in [-0.4, -0.2) is 55.3 Å². The van der Waals surface area contributed by atoms with Gasteiger partial charge in [0.1, 0.15) is 0 Å². The first-order valence-electron chi connectivity index (χ1n) is 8.84. The molecule has 0 aromatic heterocycles. The third-order valence-corrected chi connectivity index (χ3v) is 6.07. The van der Waals surface area contributed by atoms with Crippen molar-refractivity contribution >= 4 is 52.5 Å². The molecule has 2 aromatic rings. The van der Waals surface area contributed by atoms with Crippen molar-refractivity contribution in [1.82, 2.24) is 4.90 Å². The van der Waals surface area contributed by atoms with Crippen LogP contribution in [-0.2, 0) is 14.3 Å². The van der Waals surface area contributed by atoms with Crippen molar-refractivity contribution in [2.24, 2.45) is 0 Å². The largest absolute Gasteiger partial charge is 0.455 e. The normalized spacial score (nSPS) is 14.1. The molecule has 2 aromatic carbocycles. The Morgan fingerprint density at radius 2 is 1.75 bits per heavy atom. The van der Waals surface area contributed by atoms with Gasteiger partial charge in [0.15, 0.2) is 6.61 Å². The number of carbonyl (C=O) groups is 2. The lowest BCUT2D eigenvalue weighted by Gasteiger charge is -2.36. The number of rotatable bonds is 6. The minimum Gasteiger partial charge on any atom is -0.455 e. The molecule has 0 spiro atoms. The van der Waals surface area contributed by atoms with Crippen LogP contribution in [0.5, 0.6) is 0 Å². The van der Waals surface area contributed by atoms with Crippen molar-refractivity contribution in [3.05, 3.63) is 58.6 Å². The summed E-state index contributed by atoms with van der Waals surface area (Å²) in [5.41, 5.74) is 1.04. The number of ether oxygens (including phenoxy) is 1. The summed E-state index contributed by atoms with van der Waals surface area (Å²) in [5.74, 6) is -0.503. The number of hydrogen-bond acceptors (Lipinski definition) is 5. The predicted octanol–water partition coefficient (Wildman–Crippen LogP) is 3.98. The van der Waals surface area contributed by atoms with E-state index in [4.69, 9.17) is 27.9 Å². The lowest BCUT2D eigenvalue weighted by molar-refractivity contribution is -0.150. The van der Waals surface area contributed by atoms with Crippen LogP contribution < -0.4 is 4.90 Å². The number of benzene rings is 2. The molecular formula is C20H20Cl2N2O3S. The van der Waals surface area contributed by atoms with E-state index in [1.807, 2.05) is 42.5 Å². The molecule has 28 heavy (non-hydrogen) atoms. The Balaban J connectivity index is 1.39. The molecule has 148 valence electrons. The number of hydrogen-bond donors (Lipinski definition) is 0. The number of amides is 1. The average molecular weight is 439 g/mol. The SMILES string of the molecule is O=C(CSc1ccccc1Cl)OCC(=O)N1CCN(c2cccc(Cl)c2)CC1. The lowest BCUT2D eigenvalue weighted by Crippen LogP contribution is -2.50. The van der Waals surface area contributed by atoms with Crippen molar-refractivity contribution in [3.63, 3.8) is 0 Å². The molecule has 1 aliphatic rings. The van der Waals surface area contributed by atoms with Gasteiger partial charge in [-0.25, -0.2) is 0 Å². The minimum absolute atomic E-state index is 0.111. The van der Waals surface area contributed by atoms with E-state index in [-0.39, 0.29) is 18.3 Å². The molecule has 0 radical (unpaired) electrons. The van der Waals surface area contributed by atoms with Gasteiger partial charge in [0, 0.05) is 41.8 Å². The van der Waals surface area contributed by atoms with E-state index < -0.39 is 5.97 Å². The van der Waals surface area contributed by atoms with Gasteiger partial charge < -0.3 is 14.5 Å². The number of piperazine rings is 1. The summed E-state index contributed by atoms with van der Waals surface area (Å²) in [6, 6.07) is 15.0. The number of carbonyl (C=O) groups excluding carboxylic acids is 2. The van der Waals surface area contributed by atoms with Crippen LogP contribution in [0, 0.1) is 0 Å². The number of nitrogens with zero attached hydrogens (tertiary/aromatic N) is 2. The summed E-state index contributed by atoms with van der Waals surface area (Å²) in [6.45, 7) is 2.35. The Hall–Kier alpha value is -1.89. The first-order valence-corrected chi connectivity index (χ1v) is 10.6. The minimum atomic E-state index is -0.434. The molecule has 1 amide bonds. The van der Waals surface area contributed by atoms with Crippen molar-refractivity contribution < 1.29 is 14.3 Å². The van der Waals surface area contributed by atoms with E-state index in [2.05, 4.69) is 4.90 Å². The van der Waals surface area contributed by atoms with Gasteiger partial charge in [-0.15, -0.1) is 11.8 Å². The van der Waals surface area contributed by atoms with Crippen molar-refractivity contribution in [2.45, 2.75) is 4.90 Å². The van der Waals surface area contributed by atoms with Crippen molar-refractivity contribution in [3.8, 4) is 0 Å². The first-order chi connectivity index (χ1) is 13.5. The van der Waals surface area contributed by atoms with Gasteiger partial charge in [0.2, 0.25) is 0 Å². The number of halogens is 2. The summed E-state index contributed by atoms with van der Waals surface area (Å²) in [6.07, 6.45) is 0. The van der Waals surface area contributed by atoms with E-state index in [0.717, 1.165) is 10.6 Å². The Morgan fingerprint density at radius 3 is 2.46 bits per heavy atom. The predicted molar refractivity (Wildman–Crippen MR) is 113 cm³/mol. The summed E-state index contributed by atoms with van der Waals surface area (Å²) < 4.78 is 5.12. The van der Waals surface area contributed by atoms with Crippen molar-refractivity contribution in [1.29, 1.82) is 0 Å². The topological polar surface area (TPSA) is 49.9 Å². The van der Waals surface area contributed by atoms with Crippen LogP contribution in [0.25, 0.3) is 0 Å². The molecule has 1 fully saturated rings. The third-order valence-electron chi connectivity index (χ3n) is 4.34. The number of anilines is 1. The van der Waals surface area contributed by atoms with Gasteiger partial charge in [-0.3, -0.25) is 9.59 Å². The van der Waals surface area contributed by atoms with Gasteiger partial charge in [-0.2, -0.15) is 0 Å². The summed E-state index contributed by atoms with van der Waals surface area (Å²) in [5, 5.41) is 1.28. The number of esters is 1. The van der Waals surface area contributed by atoms with Crippen LogP contribution in [0.2, 0.25) is 10.0 Å². The van der Waals surface area contributed by atoms with Crippen LogP contribution in [0.3, 0.4) is 0 Å². The maximum absolute atomic E-state index is 12.3. The van der Waals surface area contributed by atoms with Crippen LogP contribution >= 0.6 is 35.0 Å². The zero-order valence-corrected chi connectivity index (χ0v) is 17.5. The van der Waals surface area contributed by atoms with E-state index in [1.165, 1.54) is 11.8 Å². The molecule has 5 nitrogen and oxygen atoms in total. The van der Waals surface area contributed by atoms with E-state index in [0.29, 0.717) is 36.2 Å². The number of thioether (sulfide) groups is 1. The Kier molecular flexibility index (Phi) is 7.48. The highest BCUT2D eigenvalue weighted by Gasteiger charge is 2.22. The highest BCUT2D eigenvalue weighted by molar-refractivity contribution is 8.00. The van der Waals surface area contributed by atoms with Gasteiger partial charge in [0.05, 0.1) is 10.8 Å². The highest BCUT2D eigenvalue weighted by atomic mass is 35.5. The fraction of sp³-hybridized carbons (Fsp3) is 0.300. The average Bonchev–Trinajstić information content (AvgIpc) is 2.71. The maximum Gasteiger partial charge on any atom is 0.316 e. The molecule has 0 bridgehead atoms. The smallest absolute Gasteiger partial charge is 0.316 e. The molecule has 0 atom stereocenters. The molecule has 0 unspecified atom stereocenters. The van der Waals surface area contributed by atoms with E-state index in [1.54, 1.807) is 11.0 Å². The highest BCUT2D eigenvalue weighted by Crippen LogP contribution is 2.26. The molecular weight excluding hydrogens is 419 g/mol. The monoisotopic (exact) mass is 438 g/mol. The van der Waals surface area contributed by atoms with Crippen LogP contribution in [0.1, 0.15) is 0 Å². The summed E-state index contributed by atoms with van der Waals surface area (Å²) in [4.78, 5) is 28.9. The third kappa shape index (κ3) is 5.80. The quantitative estimate of drug-likeness (QED) is 0.504. The molecule has 1 aliphatic heterocycles. The lowest BCUT2D eigenvalue weighted by atomic mass is 10.2. The molecule has 8 heteroatoms. The zero-order valence-electron chi connectivity index (χ0n) is 15.1. The Bertz CT molecular complexity index is 842. The second kappa shape index (κ2) is 10.0. The standard InChI is InChI=1S/C20H20Cl2N2O3S/c21-15-4-3-5-16(12-15)23-8-10-24(11-9-23)19(25)13-27-20(26)14-28-18-7-2-1-6-17(18)22/h1-7,12H,8-11,13-14H2. The molecule has 1 heterocycles. The molecule has 0 saturated carbocycles. The summed E-state index contributed by atoms with van der Waals surface area (Å²) in [7, 11) is 0. The molecule has 0 aliphatic carbocycles. The van der Waals surface area contributed by atoms with Crippen molar-refractivity contribution in [2.75, 3.05) is 43.4 Å². The molecule has 1 saturated heterocycles. The van der Waals surface area contributed by atoms with Crippen LogP contribution in [0.15, 0.2) is 53.4 Å². The second-order valence-electron chi connectivity index (χ2n) is 6.23. The van der Waals surface area contributed by atoms with E-state index >= 15 is 0 Å². The van der Waals surface area contributed by atoms with Gasteiger partial charge >= 0.3 is 5.97 Å². The van der Waals surface area contributed by atoms with Gasteiger partial charge in [-0.05, 0) is 30.3 Å². The van der Waals surface area contributed by atoms with Crippen LogP contribution in [0.4, 0.5) is 5.69 Å². The Morgan fingerprint density at radius 1 is 1.00 bits per heavy atom. The van der Waals surface area contributed by atoms with Gasteiger partial charge in [-0.1, -0.05) is 41.4 Å². The first kappa shape index (κ1) is 20.8.